The number of morpholine rings is 1. The second kappa shape index (κ2) is 8.06. The summed E-state index contributed by atoms with van der Waals surface area (Å²) in [6.07, 6.45) is 1.74. The molecule has 1 fully saturated rings. The Hall–Kier alpha value is -3.35. The van der Waals surface area contributed by atoms with Crippen LogP contribution in [0.4, 0.5) is 5.69 Å². The van der Waals surface area contributed by atoms with E-state index in [4.69, 9.17) is 9.72 Å². The van der Waals surface area contributed by atoms with Crippen LogP contribution in [-0.4, -0.2) is 47.9 Å². The van der Waals surface area contributed by atoms with Crippen LogP contribution >= 0.6 is 0 Å². The van der Waals surface area contributed by atoms with Crippen LogP contribution in [0.2, 0.25) is 0 Å². The molecule has 156 valence electrons. The van der Waals surface area contributed by atoms with Gasteiger partial charge in [0.15, 0.2) is 0 Å². The third-order valence-electron chi connectivity index (χ3n) is 5.78. The van der Waals surface area contributed by atoms with E-state index >= 15 is 0 Å². The van der Waals surface area contributed by atoms with Gasteiger partial charge >= 0.3 is 0 Å². The van der Waals surface area contributed by atoms with Crippen molar-refractivity contribution < 1.29 is 14.3 Å². The fourth-order valence-electron chi connectivity index (χ4n) is 4.31. The Morgan fingerprint density at radius 2 is 1.84 bits per heavy atom. The number of anilines is 1. The van der Waals surface area contributed by atoms with Crippen molar-refractivity contribution in [1.82, 2.24) is 9.88 Å². The zero-order chi connectivity index (χ0) is 21.4. The molecule has 0 radical (unpaired) electrons. The monoisotopic (exact) mass is 413 g/mol. The van der Waals surface area contributed by atoms with Gasteiger partial charge in [-0.2, -0.15) is 0 Å². The molecule has 1 amide bonds. The molecule has 0 unspecified atom stereocenters. The van der Waals surface area contributed by atoms with Crippen LogP contribution in [0.15, 0.2) is 60.3 Å². The van der Waals surface area contributed by atoms with Crippen LogP contribution in [0.5, 0.6) is 0 Å². The highest BCUT2D eigenvalue weighted by molar-refractivity contribution is 6.26. The molecule has 6 heteroatoms. The quantitative estimate of drug-likeness (QED) is 0.614. The van der Waals surface area contributed by atoms with E-state index in [1.54, 1.807) is 18.2 Å². The number of benzene rings is 2. The molecule has 5 rings (SSSR count). The summed E-state index contributed by atoms with van der Waals surface area (Å²) >= 11 is 0. The Kier molecular flexibility index (Phi) is 5.10. The zero-order valence-electron chi connectivity index (χ0n) is 17.4. The fraction of sp³-hybridized carbons (Fsp3) is 0.240. The predicted octanol–water partition coefficient (Wildman–Crippen LogP) is 3.66. The largest absolute Gasteiger partial charge is 0.379 e. The number of rotatable bonds is 3. The molecule has 1 saturated heterocycles. The Morgan fingerprint density at radius 1 is 1.10 bits per heavy atom. The molecule has 0 spiro atoms. The molecular weight excluding hydrogens is 390 g/mol. The number of ketones is 1. The van der Waals surface area contributed by atoms with Gasteiger partial charge < -0.3 is 4.74 Å². The number of hydrogen-bond donors (Lipinski definition) is 0. The molecule has 0 aliphatic carbocycles. The van der Waals surface area contributed by atoms with Crippen LogP contribution in [0, 0.1) is 0 Å². The fourth-order valence-corrected chi connectivity index (χ4v) is 4.31. The minimum atomic E-state index is -0.195. The first-order valence-corrected chi connectivity index (χ1v) is 10.5. The number of para-hydroxylation sites is 2. The topological polar surface area (TPSA) is 62.7 Å². The normalized spacial score (nSPS) is 18.0. The van der Waals surface area contributed by atoms with Crippen molar-refractivity contribution in [2.24, 2.45) is 0 Å². The highest BCUT2D eigenvalue weighted by Gasteiger charge is 2.34. The molecule has 2 aliphatic rings. The summed E-state index contributed by atoms with van der Waals surface area (Å²) in [6, 6.07) is 17.3. The summed E-state index contributed by atoms with van der Waals surface area (Å²) in [5, 5.41) is 1.10. The highest BCUT2D eigenvalue weighted by atomic mass is 16.5. The van der Waals surface area contributed by atoms with Gasteiger partial charge in [-0.15, -0.1) is 0 Å². The Balaban J connectivity index is 1.59. The van der Waals surface area contributed by atoms with E-state index in [1.165, 1.54) is 11.8 Å². The van der Waals surface area contributed by atoms with Gasteiger partial charge in [0, 0.05) is 37.5 Å². The number of carbonyl (C=O) groups excluding carboxylic acids is 2. The van der Waals surface area contributed by atoms with E-state index < -0.39 is 0 Å². The molecule has 2 aromatic carbocycles. The number of carbonyl (C=O) groups is 2. The number of fused-ring (bicyclic) bond motifs is 2. The van der Waals surface area contributed by atoms with Gasteiger partial charge in [0.05, 0.1) is 35.8 Å². The number of hydrogen-bond acceptors (Lipinski definition) is 5. The van der Waals surface area contributed by atoms with Gasteiger partial charge in [0.25, 0.3) is 0 Å². The molecular formula is C25H23N3O3. The van der Waals surface area contributed by atoms with Crippen LogP contribution in [0.25, 0.3) is 17.0 Å². The third-order valence-corrected chi connectivity index (χ3v) is 5.78. The first-order valence-electron chi connectivity index (χ1n) is 10.5. The number of amides is 1. The van der Waals surface area contributed by atoms with E-state index in [0.717, 1.165) is 49.3 Å². The van der Waals surface area contributed by atoms with Gasteiger partial charge in [-0.3, -0.25) is 19.4 Å². The van der Waals surface area contributed by atoms with Crippen molar-refractivity contribution in [2.75, 3.05) is 31.2 Å². The highest BCUT2D eigenvalue weighted by Crippen LogP contribution is 2.35. The maximum Gasteiger partial charge on any atom is 0.228 e. The number of allylic oxidation sites excluding steroid dienone is 1. The van der Waals surface area contributed by atoms with Crippen molar-refractivity contribution in [3.8, 4) is 0 Å². The van der Waals surface area contributed by atoms with E-state index in [-0.39, 0.29) is 11.7 Å². The standard InChI is InChI=1S/C25H23N3O3/c1-17(29)28-23-9-5-3-7-21(23)25(30)24(28)15-19-14-18(16-27-10-12-31-13-11-27)20-6-2-4-8-22(20)26-19/h2-9,14-15H,10-13,16H2,1H3/b24-15+. The predicted molar refractivity (Wildman–Crippen MR) is 120 cm³/mol. The first-order chi connectivity index (χ1) is 15.1. The van der Waals surface area contributed by atoms with Crippen molar-refractivity contribution in [1.29, 1.82) is 0 Å². The molecule has 0 saturated carbocycles. The molecule has 6 nitrogen and oxygen atoms in total. The Labute approximate surface area is 180 Å². The average Bonchev–Trinajstić information content (AvgIpc) is 3.06. The first kappa shape index (κ1) is 19.6. The lowest BCUT2D eigenvalue weighted by Crippen LogP contribution is -2.35. The summed E-state index contributed by atoms with van der Waals surface area (Å²) < 4.78 is 5.48. The van der Waals surface area contributed by atoms with Gasteiger partial charge in [-0.1, -0.05) is 30.3 Å². The summed E-state index contributed by atoms with van der Waals surface area (Å²) in [7, 11) is 0. The molecule has 0 N–H and O–H groups in total. The second-order valence-electron chi connectivity index (χ2n) is 7.84. The summed E-state index contributed by atoms with van der Waals surface area (Å²) in [4.78, 5) is 34.1. The van der Waals surface area contributed by atoms with Gasteiger partial charge in [-0.25, -0.2) is 4.98 Å². The lowest BCUT2D eigenvalue weighted by atomic mass is 10.1. The van der Waals surface area contributed by atoms with Gasteiger partial charge in [-0.05, 0) is 35.9 Å². The Morgan fingerprint density at radius 3 is 2.65 bits per heavy atom. The smallest absolute Gasteiger partial charge is 0.228 e. The summed E-state index contributed by atoms with van der Waals surface area (Å²) in [5.41, 5.74) is 4.20. The molecule has 2 aliphatic heterocycles. The van der Waals surface area contributed by atoms with Crippen LogP contribution in [0.1, 0.15) is 28.5 Å². The molecule has 3 heterocycles. The number of ether oxygens (including phenoxy) is 1. The lowest BCUT2D eigenvalue weighted by Gasteiger charge is -2.27. The summed E-state index contributed by atoms with van der Waals surface area (Å²) in [5.74, 6) is -0.352. The minimum Gasteiger partial charge on any atom is -0.379 e. The molecule has 1 aromatic heterocycles. The minimum absolute atomic E-state index is 0.157. The van der Waals surface area contributed by atoms with E-state index in [2.05, 4.69) is 11.0 Å². The Bertz CT molecular complexity index is 1210. The van der Waals surface area contributed by atoms with Crippen LogP contribution < -0.4 is 4.90 Å². The van der Waals surface area contributed by atoms with Crippen LogP contribution in [-0.2, 0) is 16.1 Å². The van der Waals surface area contributed by atoms with Crippen molar-refractivity contribution in [2.45, 2.75) is 13.5 Å². The van der Waals surface area contributed by atoms with Crippen molar-refractivity contribution in [3.63, 3.8) is 0 Å². The number of pyridine rings is 1. The average molecular weight is 413 g/mol. The van der Waals surface area contributed by atoms with E-state index in [9.17, 15) is 9.59 Å². The molecule has 31 heavy (non-hydrogen) atoms. The zero-order valence-corrected chi connectivity index (χ0v) is 17.4. The SMILES string of the molecule is CC(=O)N1/C(=C/c2cc(CN3CCOCC3)c3ccccc3n2)C(=O)c2ccccc21. The van der Waals surface area contributed by atoms with Crippen molar-refractivity contribution >= 4 is 34.4 Å². The third kappa shape index (κ3) is 3.65. The number of nitrogens with zero attached hydrogens (tertiary/aromatic N) is 3. The summed E-state index contributed by atoms with van der Waals surface area (Å²) in [6.45, 7) is 5.51. The maximum atomic E-state index is 13.1. The molecule has 3 aromatic rings. The lowest BCUT2D eigenvalue weighted by molar-refractivity contribution is -0.116. The molecule has 0 bridgehead atoms. The van der Waals surface area contributed by atoms with Gasteiger partial charge in [0.1, 0.15) is 0 Å². The molecule has 0 atom stereocenters. The number of Topliss-reactive ketones (excluding diaryl/α,β-unsaturated/α-hetero) is 1. The maximum absolute atomic E-state index is 13.1. The van der Waals surface area contributed by atoms with Crippen molar-refractivity contribution in [3.05, 3.63) is 77.1 Å². The van der Waals surface area contributed by atoms with Gasteiger partial charge in [0.2, 0.25) is 11.7 Å². The second-order valence-corrected chi connectivity index (χ2v) is 7.84. The number of aromatic nitrogens is 1. The van der Waals surface area contributed by atoms with E-state index in [0.29, 0.717) is 22.6 Å². The van der Waals surface area contributed by atoms with Crippen LogP contribution in [0.3, 0.4) is 0 Å². The van der Waals surface area contributed by atoms with E-state index in [1.807, 2.05) is 36.4 Å².